The Morgan fingerprint density at radius 1 is 1.17 bits per heavy atom. The van der Waals surface area contributed by atoms with Crippen molar-refractivity contribution in [1.29, 1.82) is 0 Å². The zero-order chi connectivity index (χ0) is 9.20. The molecule has 1 aliphatic heterocycles. The van der Waals surface area contributed by atoms with Crippen LogP contribution in [0.2, 0.25) is 0 Å². The zero-order valence-electron chi connectivity index (χ0n) is 8.23. The minimum absolute atomic E-state index is 0.00116. The van der Waals surface area contributed by atoms with E-state index in [0.717, 1.165) is 12.8 Å². The van der Waals surface area contributed by atoms with E-state index in [1.165, 1.54) is 0 Å². The number of carbonyl (C=O) groups is 1. The smallest absolute Gasteiger partial charge is 0.313 e. The van der Waals surface area contributed by atoms with Crippen LogP contribution in [0.5, 0.6) is 0 Å². The normalized spacial score (nSPS) is 49.5. The molecule has 1 saturated carbocycles. The first-order chi connectivity index (χ1) is 5.29. The van der Waals surface area contributed by atoms with Crippen molar-refractivity contribution < 1.29 is 9.53 Å². The summed E-state index contributed by atoms with van der Waals surface area (Å²) in [6.07, 6.45) is 1.90. The summed E-state index contributed by atoms with van der Waals surface area (Å²) in [6, 6.07) is 0. The molecular formula is C10H16O2. The van der Waals surface area contributed by atoms with Crippen molar-refractivity contribution in [2.24, 2.45) is 10.8 Å². The van der Waals surface area contributed by atoms with Gasteiger partial charge in [-0.25, -0.2) is 0 Å². The minimum atomic E-state index is -0.234. The maximum atomic E-state index is 11.6. The highest BCUT2D eigenvalue weighted by molar-refractivity contribution is 5.81. The molecule has 1 saturated heterocycles. The van der Waals surface area contributed by atoms with E-state index < -0.39 is 0 Å². The summed E-state index contributed by atoms with van der Waals surface area (Å²) in [5.74, 6) is 0.00116. The molecule has 0 aromatic carbocycles. The second kappa shape index (κ2) is 1.70. The lowest BCUT2D eigenvalue weighted by Crippen LogP contribution is -2.41. The molecule has 12 heavy (non-hydrogen) atoms. The molecule has 0 aromatic rings. The first-order valence-electron chi connectivity index (χ1n) is 4.53. The average Bonchev–Trinajstić information content (AvgIpc) is 2.10. The van der Waals surface area contributed by atoms with Crippen LogP contribution in [0.4, 0.5) is 0 Å². The Morgan fingerprint density at radius 2 is 1.75 bits per heavy atom. The van der Waals surface area contributed by atoms with Crippen LogP contribution in [0.15, 0.2) is 0 Å². The molecule has 2 fully saturated rings. The lowest BCUT2D eigenvalue weighted by atomic mass is 9.69. The summed E-state index contributed by atoms with van der Waals surface area (Å²) in [5, 5.41) is 0. The highest BCUT2D eigenvalue weighted by Gasteiger charge is 2.66. The molecule has 2 aliphatic rings. The third-order valence-electron chi connectivity index (χ3n) is 3.83. The maximum absolute atomic E-state index is 11.6. The largest absolute Gasteiger partial charge is 0.459 e. The summed E-state index contributed by atoms with van der Waals surface area (Å²) in [5.41, 5.74) is -0.297. The fourth-order valence-electron chi connectivity index (χ4n) is 2.94. The molecule has 0 aromatic heterocycles. The second-order valence-electron chi connectivity index (χ2n) is 5.41. The lowest BCUT2D eigenvalue weighted by molar-refractivity contribution is -0.167. The van der Waals surface area contributed by atoms with Crippen molar-refractivity contribution in [3.63, 3.8) is 0 Å². The van der Waals surface area contributed by atoms with Crippen LogP contribution in [-0.2, 0) is 9.53 Å². The van der Waals surface area contributed by atoms with Crippen LogP contribution in [0.25, 0.3) is 0 Å². The molecule has 0 amide bonds. The fourth-order valence-corrected chi connectivity index (χ4v) is 2.94. The standard InChI is InChI=1S/C10H16O2/c1-8(2)5-9(3)6-10(8,4)7(11)12-9/h5-6H2,1-4H3. The Balaban J connectivity index is 2.48. The molecule has 0 N–H and O–H groups in total. The second-order valence-corrected chi connectivity index (χ2v) is 5.41. The first-order valence-corrected chi connectivity index (χ1v) is 4.53. The van der Waals surface area contributed by atoms with Crippen LogP contribution < -0.4 is 0 Å². The minimum Gasteiger partial charge on any atom is -0.459 e. The molecule has 2 rings (SSSR count). The van der Waals surface area contributed by atoms with E-state index >= 15 is 0 Å². The highest BCUT2D eigenvalue weighted by Crippen LogP contribution is 2.63. The van der Waals surface area contributed by atoms with Gasteiger partial charge in [0.05, 0.1) is 5.41 Å². The molecule has 0 radical (unpaired) electrons. The number of rotatable bonds is 0. The van der Waals surface area contributed by atoms with Gasteiger partial charge in [-0.2, -0.15) is 0 Å². The van der Waals surface area contributed by atoms with E-state index in [-0.39, 0.29) is 22.4 Å². The fraction of sp³-hybridized carbons (Fsp3) is 0.900. The van der Waals surface area contributed by atoms with E-state index in [0.29, 0.717) is 0 Å². The SMILES string of the molecule is CC12CC(C)(C)C(C)(C1)C(=O)O2. The maximum Gasteiger partial charge on any atom is 0.313 e. The van der Waals surface area contributed by atoms with E-state index in [1.807, 2.05) is 13.8 Å². The van der Waals surface area contributed by atoms with Crippen LogP contribution in [-0.4, -0.2) is 11.6 Å². The number of esters is 1. The van der Waals surface area contributed by atoms with Crippen LogP contribution in [0.1, 0.15) is 40.5 Å². The summed E-state index contributed by atoms with van der Waals surface area (Å²) in [4.78, 5) is 11.6. The van der Waals surface area contributed by atoms with Gasteiger partial charge in [-0.1, -0.05) is 13.8 Å². The van der Waals surface area contributed by atoms with Gasteiger partial charge in [0.15, 0.2) is 0 Å². The first kappa shape index (κ1) is 8.09. The molecule has 2 unspecified atom stereocenters. The molecule has 2 atom stereocenters. The Kier molecular flexibility index (Phi) is 1.15. The third-order valence-corrected chi connectivity index (χ3v) is 3.83. The quantitative estimate of drug-likeness (QED) is 0.518. The van der Waals surface area contributed by atoms with Gasteiger partial charge >= 0.3 is 5.97 Å². The monoisotopic (exact) mass is 168 g/mol. The van der Waals surface area contributed by atoms with E-state index in [4.69, 9.17) is 4.74 Å². The van der Waals surface area contributed by atoms with Gasteiger partial charge in [-0.15, -0.1) is 0 Å². The Labute approximate surface area is 73.3 Å². The summed E-state index contributed by atoms with van der Waals surface area (Å²) in [6.45, 7) is 8.41. The predicted molar refractivity (Wildman–Crippen MR) is 45.6 cm³/mol. The van der Waals surface area contributed by atoms with Gasteiger partial charge in [0, 0.05) is 6.42 Å². The van der Waals surface area contributed by atoms with E-state index in [2.05, 4.69) is 13.8 Å². The van der Waals surface area contributed by atoms with Crippen molar-refractivity contribution >= 4 is 5.97 Å². The van der Waals surface area contributed by atoms with Crippen molar-refractivity contribution in [3.05, 3.63) is 0 Å². The topological polar surface area (TPSA) is 26.3 Å². The number of ether oxygens (including phenoxy) is 1. The molecule has 2 bridgehead atoms. The van der Waals surface area contributed by atoms with E-state index in [1.54, 1.807) is 0 Å². The van der Waals surface area contributed by atoms with Gasteiger partial charge in [0.25, 0.3) is 0 Å². The average molecular weight is 168 g/mol. The number of hydrogen-bond donors (Lipinski definition) is 0. The van der Waals surface area contributed by atoms with Crippen molar-refractivity contribution in [1.82, 2.24) is 0 Å². The predicted octanol–water partition coefficient (Wildman–Crippen LogP) is 2.13. The van der Waals surface area contributed by atoms with Gasteiger partial charge in [0.1, 0.15) is 5.60 Å². The molecular weight excluding hydrogens is 152 g/mol. The van der Waals surface area contributed by atoms with Crippen molar-refractivity contribution in [3.8, 4) is 0 Å². The molecule has 2 heteroatoms. The molecule has 68 valence electrons. The molecule has 0 spiro atoms. The Morgan fingerprint density at radius 3 is 2.00 bits per heavy atom. The Hall–Kier alpha value is -0.530. The van der Waals surface area contributed by atoms with Gasteiger partial charge in [-0.3, -0.25) is 4.79 Å². The third kappa shape index (κ3) is 0.686. The summed E-state index contributed by atoms with van der Waals surface area (Å²) >= 11 is 0. The van der Waals surface area contributed by atoms with Crippen LogP contribution in [0, 0.1) is 10.8 Å². The van der Waals surface area contributed by atoms with Gasteiger partial charge in [0.2, 0.25) is 0 Å². The number of fused-ring (bicyclic) bond motifs is 2. The number of hydrogen-bond acceptors (Lipinski definition) is 2. The molecule has 1 aliphatic carbocycles. The number of carbonyl (C=O) groups excluding carboxylic acids is 1. The Bertz CT molecular complexity index is 257. The van der Waals surface area contributed by atoms with E-state index in [9.17, 15) is 4.79 Å². The molecule has 2 nitrogen and oxygen atoms in total. The summed E-state index contributed by atoms with van der Waals surface area (Å²) < 4.78 is 5.35. The van der Waals surface area contributed by atoms with Crippen molar-refractivity contribution in [2.45, 2.75) is 46.1 Å². The summed E-state index contributed by atoms with van der Waals surface area (Å²) in [7, 11) is 0. The molecule has 1 heterocycles. The van der Waals surface area contributed by atoms with Gasteiger partial charge < -0.3 is 4.74 Å². The lowest BCUT2D eigenvalue weighted by Gasteiger charge is -2.37. The van der Waals surface area contributed by atoms with Gasteiger partial charge in [-0.05, 0) is 25.7 Å². The van der Waals surface area contributed by atoms with Crippen molar-refractivity contribution in [2.75, 3.05) is 0 Å². The highest BCUT2D eigenvalue weighted by atomic mass is 16.6. The zero-order valence-corrected chi connectivity index (χ0v) is 8.23. The van der Waals surface area contributed by atoms with Crippen LogP contribution in [0.3, 0.4) is 0 Å². The van der Waals surface area contributed by atoms with Crippen LogP contribution >= 0.6 is 0 Å².